The number of allylic oxidation sites excluding steroid dienone is 1. The van der Waals surface area contributed by atoms with Crippen molar-refractivity contribution in [3.63, 3.8) is 0 Å². The molecule has 7 nitrogen and oxygen atoms in total. The minimum Gasteiger partial charge on any atom is -0.477 e. The van der Waals surface area contributed by atoms with Crippen LogP contribution in [0.5, 0.6) is 0 Å². The average molecular weight is 413 g/mol. The van der Waals surface area contributed by atoms with Gasteiger partial charge in [-0.15, -0.1) is 0 Å². The van der Waals surface area contributed by atoms with Crippen molar-refractivity contribution in [1.82, 2.24) is 9.78 Å². The van der Waals surface area contributed by atoms with Gasteiger partial charge in [0.05, 0.1) is 17.9 Å². The van der Waals surface area contributed by atoms with Gasteiger partial charge in [0.15, 0.2) is 0 Å². The van der Waals surface area contributed by atoms with Gasteiger partial charge in [-0.1, -0.05) is 35.9 Å². The van der Waals surface area contributed by atoms with Crippen molar-refractivity contribution in [2.75, 3.05) is 10.6 Å². The fourth-order valence-corrected chi connectivity index (χ4v) is 3.16. The Morgan fingerprint density at radius 1 is 1.17 bits per heavy atom. The van der Waals surface area contributed by atoms with Crippen LogP contribution in [0.2, 0.25) is 5.02 Å². The average Bonchev–Trinajstić information content (AvgIpc) is 3.14. The zero-order chi connectivity index (χ0) is 20.5. The topological polar surface area (TPSA) is 96.2 Å². The number of benzene rings is 2. The molecule has 0 bridgehead atoms. The number of aromatic nitrogens is 2. The van der Waals surface area contributed by atoms with E-state index in [1.807, 2.05) is 0 Å². The number of anilines is 2. The molecule has 0 saturated heterocycles. The van der Waals surface area contributed by atoms with E-state index in [2.05, 4.69) is 15.7 Å². The molecular weight excluding hydrogens is 399 g/mol. The molecule has 2 heterocycles. The van der Waals surface area contributed by atoms with Crippen molar-refractivity contribution in [2.45, 2.75) is 6.04 Å². The second-order valence-electron chi connectivity index (χ2n) is 6.29. The van der Waals surface area contributed by atoms with Crippen LogP contribution in [0.15, 0.2) is 66.5 Å². The molecule has 1 aliphatic heterocycles. The molecule has 0 aliphatic carbocycles. The first-order valence-corrected chi connectivity index (χ1v) is 8.93. The number of nitrogens with zero attached hydrogens (tertiary/aromatic N) is 2. The quantitative estimate of drug-likeness (QED) is 0.603. The summed E-state index contributed by atoms with van der Waals surface area (Å²) >= 11 is 5.94. The van der Waals surface area contributed by atoms with E-state index in [4.69, 9.17) is 11.6 Å². The number of carbonyl (C=O) groups is 2. The van der Waals surface area contributed by atoms with Crippen LogP contribution in [-0.4, -0.2) is 26.8 Å². The van der Waals surface area contributed by atoms with Crippen molar-refractivity contribution in [3.8, 4) is 0 Å². The van der Waals surface area contributed by atoms with Crippen LogP contribution in [0, 0.1) is 5.82 Å². The Kier molecular flexibility index (Phi) is 4.77. The van der Waals surface area contributed by atoms with E-state index in [1.54, 1.807) is 30.3 Å². The third-order valence-corrected chi connectivity index (χ3v) is 4.70. The zero-order valence-electron chi connectivity index (χ0n) is 14.8. The van der Waals surface area contributed by atoms with Gasteiger partial charge in [-0.2, -0.15) is 5.10 Å². The lowest BCUT2D eigenvalue weighted by molar-refractivity contribution is -0.132. The Balaban J connectivity index is 1.73. The predicted octanol–water partition coefficient (Wildman–Crippen LogP) is 3.91. The van der Waals surface area contributed by atoms with Gasteiger partial charge in [0.2, 0.25) is 0 Å². The van der Waals surface area contributed by atoms with Gasteiger partial charge in [-0.25, -0.2) is 13.9 Å². The van der Waals surface area contributed by atoms with E-state index < -0.39 is 23.7 Å². The summed E-state index contributed by atoms with van der Waals surface area (Å²) < 4.78 is 15.4. The largest absolute Gasteiger partial charge is 0.477 e. The van der Waals surface area contributed by atoms with E-state index in [-0.39, 0.29) is 22.8 Å². The van der Waals surface area contributed by atoms with E-state index in [0.717, 1.165) is 5.56 Å². The fourth-order valence-electron chi connectivity index (χ4n) is 3.04. The molecule has 0 saturated carbocycles. The van der Waals surface area contributed by atoms with Crippen molar-refractivity contribution < 1.29 is 19.1 Å². The standard InChI is InChI=1S/C20H14ClFN4O3/c21-12-7-5-11(6-8-12)17-9-16(20(28)29)24-18-13(10-23-26(17)18)19(27)25-15-4-2-1-3-14(15)22/h1-10,17,24H,(H,25,27)(H,28,29). The molecule has 0 fully saturated rings. The van der Waals surface area contributed by atoms with Gasteiger partial charge >= 0.3 is 5.97 Å². The summed E-state index contributed by atoms with van der Waals surface area (Å²) in [5, 5.41) is 19.5. The summed E-state index contributed by atoms with van der Waals surface area (Å²) in [5.74, 6) is -2.19. The molecule has 4 rings (SSSR count). The number of fused-ring (bicyclic) bond motifs is 1. The van der Waals surface area contributed by atoms with Gasteiger partial charge in [0, 0.05) is 5.02 Å². The molecule has 3 N–H and O–H groups in total. The molecular formula is C20H14ClFN4O3. The number of carbonyl (C=O) groups excluding carboxylic acids is 1. The van der Waals surface area contributed by atoms with Crippen molar-refractivity contribution in [3.05, 3.63) is 88.5 Å². The molecule has 9 heteroatoms. The highest BCUT2D eigenvalue weighted by atomic mass is 35.5. The number of carboxylic acid groups (broad SMARTS) is 1. The maximum absolute atomic E-state index is 13.9. The van der Waals surface area contributed by atoms with E-state index in [0.29, 0.717) is 5.02 Å². The maximum atomic E-state index is 13.9. The summed E-state index contributed by atoms with van der Waals surface area (Å²) in [5.41, 5.74) is 0.730. The number of rotatable bonds is 4. The van der Waals surface area contributed by atoms with E-state index in [1.165, 1.54) is 35.2 Å². The molecule has 1 atom stereocenters. The van der Waals surface area contributed by atoms with Crippen molar-refractivity contribution in [2.24, 2.45) is 0 Å². The van der Waals surface area contributed by atoms with Crippen LogP contribution in [0.3, 0.4) is 0 Å². The number of amides is 1. The summed E-state index contributed by atoms with van der Waals surface area (Å²) in [6.07, 6.45) is 2.80. The monoisotopic (exact) mass is 412 g/mol. The highest BCUT2D eigenvalue weighted by Gasteiger charge is 2.29. The molecule has 1 amide bonds. The molecule has 1 aromatic heterocycles. The number of nitrogens with one attached hydrogen (secondary N) is 2. The third-order valence-electron chi connectivity index (χ3n) is 4.45. The minimum absolute atomic E-state index is 0.0107. The Bertz CT molecular complexity index is 1140. The van der Waals surface area contributed by atoms with E-state index in [9.17, 15) is 19.1 Å². The van der Waals surface area contributed by atoms with Crippen molar-refractivity contribution in [1.29, 1.82) is 0 Å². The van der Waals surface area contributed by atoms with Crippen molar-refractivity contribution >= 4 is 35.0 Å². The van der Waals surface area contributed by atoms with Gasteiger partial charge in [0.25, 0.3) is 5.91 Å². The molecule has 0 spiro atoms. The molecule has 29 heavy (non-hydrogen) atoms. The van der Waals surface area contributed by atoms with Gasteiger partial charge in [-0.05, 0) is 35.9 Å². The molecule has 0 radical (unpaired) electrons. The molecule has 1 aliphatic rings. The lowest BCUT2D eigenvalue weighted by Gasteiger charge is -2.24. The van der Waals surface area contributed by atoms with Crippen LogP contribution in [0.1, 0.15) is 22.0 Å². The Morgan fingerprint density at radius 2 is 1.90 bits per heavy atom. The highest BCUT2D eigenvalue weighted by Crippen LogP contribution is 2.33. The van der Waals surface area contributed by atoms with Crippen LogP contribution in [0.25, 0.3) is 0 Å². The van der Waals surface area contributed by atoms with E-state index >= 15 is 0 Å². The SMILES string of the molecule is O=C(O)C1=CC(c2ccc(Cl)cc2)n2ncc(C(=O)Nc3ccccc3F)c2N1. The summed E-state index contributed by atoms with van der Waals surface area (Å²) in [6, 6.07) is 12.0. The summed E-state index contributed by atoms with van der Waals surface area (Å²) in [7, 11) is 0. The number of halogens is 2. The Labute approximate surface area is 169 Å². The summed E-state index contributed by atoms with van der Waals surface area (Å²) in [6.45, 7) is 0. The Morgan fingerprint density at radius 3 is 2.59 bits per heavy atom. The van der Waals surface area contributed by atoms with Gasteiger partial charge in [-0.3, -0.25) is 4.79 Å². The lowest BCUT2D eigenvalue weighted by Crippen LogP contribution is -2.25. The normalized spacial score (nSPS) is 15.1. The molecule has 1 unspecified atom stereocenters. The number of aliphatic carboxylic acids is 1. The van der Waals surface area contributed by atoms with Crippen LogP contribution < -0.4 is 10.6 Å². The predicted molar refractivity (Wildman–Crippen MR) is 106 cm³/mol. The maximum Gasteiger partial charge on any atom is 0.352 e. The van der Waals surface area contributed by atoms with Gasteiger partial charge < -0.3 is 15.7 Å². The van der Waals surface area contributed by atoms with Crippen LogP contribution in [-0.2, 0) is 4.79 Å². The van der Waals surface area contributed by atoms with Crippen LogP contribution >= 0.6 is 11.6 Å². The first-order chi connectivity index (χ1) is 13.9. The van der Waals surface area contributed by atoms with Gasteiger partial charge in [0.1, 0.15) is 22.9 Å². The lowest BCUT2D eigenvalue weighted by atomic mass is 10.0. The second-order valence-corrected chi connectivity index (χ2v) is 6.73. The number of hydrogen-bond donors (Lipinski definition) is 3. The second kappa shape index (κ2) is 7.40. The molecule has 2 aromatic carbocycles. The Hall–Kier alpha value is -3.65. The zero-order valence-corrected chi connectivity index (χ0v) is 15.5. The molecule has 146 valence electrons. The van der Waals surface area contributed by atoms with Crippen LogP contribution in [0.4, 0.5) is 15.9 Å². The molecule has 3 aromatic rings. The third kappa shape index (κ3) is 3.57. The first-order valence-electron chi connectivity index (χ1n) is 8.55. The summed E-state index contributed by atoms with van der Waals surface area (Å²) in [4.78, 5) is 24.3. The number of hydrogen-bond acceptors (Lipinski definition) is 4. The highest BCUT2D eigenvalue weighted by molar-refractivity contribution is 6.30. The number of para-hydroxylation sites is 1. The fraction of sp³-hybridized carbons (Fsp3) is 0.0500. The first kappa shape index (κ1) is 18.7. The number of carboxylic acids is 1. The smallest absolute Gasteiger partial charge is 0.352 e. The minimum atomic E-state index is -1.18.